The topological polar surface area (TPSA) is 52.7 Å². The van der Waals surface area contributed by atoms with Crippen LogP contribution in [-0.4, -0.2) is 49.4 Å². The number of nitrogens with one attached hydrogen (secondary N) is 1. The predicted octanol–water partition coefficient (Wildman–Crippen LogP) is 1.57. The third-order valence-electron chi connectivity index (χ3n) is 4.99. The zero-order valence-corrected chi connectivity index (χ0v) is 13.8. The number of hydrogen-bond acceptors (Lipinski definition) is 3. The monoisotopic (exact) mass is 315 g/mol. The summed E-state index contributed by atoms with van der Waals surface area (Å²) in [7, 11) is 1.89. The number of piperidine rings is 1. The molecule has 0 radical (unpaired) electrons. The Labute approximate surface area is 137 Å². The molecule has 124 valence electrons. The van der Waals surface area contributed by atoms with E-state index in [0.29, 0.717) is 25.4 Å². The van der Waals surface area contributed by atoms with E-state index >= 15 is 0 Å². The number of rotatable bonds is 4. The fourth-order valence-electron chi connectivity index (χ4n) is 3.52. The fourth-order valence-corrected chi connectivity index (χ4v) is 3.52. The van der Waals surface area contributed by atoms with Gasteiger partial charge in [0.2, 0.25) is 11.8 Å². The Bertz CT molecular complexity index is 581. The molecule has 5 nitrogen and oxygen atoms in total. The SMILES string of the molecule is CN(C(=O)CCN1C(=O)CCc2ccccc21)C1CCNCC1. The number of anilines is 1. The Hall–Kier alpha value is -1.88. The second kappa shape index (κ2) is 7.13. The second-order valence-corrected chi connectivity index (χ2v) is 6.41. The first-order chi connectivity index (χ1) is 11.2. The van der Waals surface area contributed by atoms with E-state index in [1.807, 2.05) is 30.1 Å². The number of carbonyl (C=O) groups is 2. The number of amides is 2. The molecule has 0 unspecified atom stereocenters. The first kappa shape index (κ1) is 16.0. The lowest BCUT2D eigenvalue weighted by Gasteiger charge is -2.33. The van der Waals surface area contributed by atoms with Crippen molar-refractivity contribution in [2.24, 2.45) is 0 Å². The van der Waals surface area contributed by atoms with Gasteiger partial charge in [0, 0.05) is 38.2 Å². The van der Waals surface area contributed by atoms with Crippen LogP contribution in [0.1, 0.15) is 31.2 Å². The molecule has 0 spiro atoms. The van der Waals surface area contributed by atoms with Gasteiger partial charge in [0.25, 0.3) is 0 Å². The van der Waals surface area contributed by atoms with Gasteiger partial charge in [-0.05, 0) is 44.0 Å². The van der Waals surface area contributed by atoms with Crippen LogP contribution in [0.25, 0.3) is 0 Å². The van der Waals surface area contributed by atoms with E-state index in [0.717, 1.165) is 38.0 Å². The van der Waals surface area contributed by atoms with E-state index in [1.54, 1.807) is 4.90 Å². The van der Waals surface area contributed by atoms with Crippen molar-refractivity contribution in [1.82, 2.24) is 10.2 Å². The molecule has 1 aromatic carbocycles. The molecule has 0 bridgehead atoms. The number of nitrogens with zero attached hydrogens (tertiary/aromatic N) is 2. The molecule has 0 saturated carbocycles. The van der Waals surface area contributed by atoms with Crippen molar-refractivity contribution >= 4 is 17.5 Å². The maximum Gasteiger partial charge on any atom is 0.227 e. The molecular formula is C18H25N3O2. The van der Waals surface area contributed by atoms with Gasteiger partial charge < -0.3 is 15.1 Å². The molecule has 2 heterocycles. The summed E-state index contributed by atoms with van der Waals surface area (Å²) in [6.07, 6.45) is 3.74. The molecular weight excluding hydrogens is 290 g/mol. The standard InChI is InChI=1S/C18H25N3O2/c1-20(15-8-11-19-12-9-15)17(22)10-13-21-16-5-3-2-4-14(16)6-7-18(21)23/h2-5,15,19H,6-13H2,1H3. The Morgan fingerprint density at radius 2 is 2.00 bits per heavy atom. The van der Waals surface area contributed by atoms with Gasteiger partial charge in [0.15, 0.2) is 0 Å². The highest BCUT2D eigenvalue weighted by molar-refractivity contribution is 5.97. The third-order valence-corrected chi connectivity index (χ3v) is 4.99. The molecule has 0 atom stereocenters. The fraction of sp³-hybridized carbons (Fsp3) is 0.556. The molecule has 1 aromatic rings. The average molecular weight is 315 g/mol. The van der Waals surface area contributed by atoms with Crippen LogP contribution >= 0.6 is 0 Å². The maximum absolute atomic E-state index is 12.5. The summed E-state index contributed by atoms with van der Waals surface area (Å²) in [6, 6.07) is 8.33. The lowest BCUT2D eigenvalue weighted by molar-refractivity contribution is -0.132. The number of benzene rings is 1. The molecule has 3 rings (SSSR count). The smallest absolute Gasteiger partial charge is 0.227 e. The second-order valence-electron chi connectivity index (χ2n) is 6.41. The Balaban J connectivity index is 1.61. The van der Waals surface area contributed by atoms with Crippen molar-refractivity contribution in [2.45, 2.75) is 38.1 Å². The van der Waals surface area contributed by atoms with E-state index in [2.05, 4.69) is 11.4 Å². The summed E-state index contributed by atoms with van der Waals surface area (Å²) in [5, 5.41) is 3.32. The van der Waals surface area contributed by atoms with Gasteiger partial charge in [-0.3, -0.25) is 9.59 Å². The van der Waals surface area contributed by atoms with E-state index in [9.17, 15) is 9.59 Å². The third kappa shape index (κ3) is 3.55. The zero-order valence-electron chi connectivity index (χ0n) is 13.8. The minimum absolute atomic E-state index is 0.126. The van der Waals surface area contributed by atoms with Gasteiger partial charge in [0.1, 0.15) is 0 Å². The molecule has 0 aromatic heterocycles. The number of hydrogen-bond donors (Lipinski definition) is 1. The van der Waals surface area contributed by atoms with Gasteiger partial charge >= 0.3 is 0 Å². The number of para-hydroxylation sites is 1. The highest BCUT2D eigenvalue weighted by Gasteiger charge is 2.26. The van der Waals surface area contributed by atoms with Gasteiger partial charge in [-0.2, -0.15) is 0 Å². The molecule has 0 aliphatic carbocycles. The van der Waals surface area contributed by atoms with E-state index < -0.39 is 0 Å². The molecule has 1 fully saturated rings. The van der Waals surface area contributed by atoms with Gasteiger partial charge in [-0.25, -0.2) is 0 Å². The van der Waals surface area contributed by atoms with Crippen LogP contribution in [0.3, 0.4) is 0 Å². The Kier molecular flexibility index (Phi) is 4.96. The summed E-state index contributed by atoms with van der Waals surface area (Å²) in [5.41, 5.74) is 2.17. The summed E-state index contributed by atoms with van der Waals surface area (Å²) < 4.78 is 0. The van der Waals surface area contributed by atoms with Crippen LogP contribution in [0.4, 0.5) is 5.69 Å². The summed E-state index contributed by atoms with van der Waals surface area (Å²) in [4.78, 5) is 28.4. The first-order valence-electron chi connectivity index (χ1n) is 8.51. The summed E-state index contributed by atoms with van der Waals surface area (Å²) >= 11 is 0. The van der Waals surface area contributed by atoms with Crippen LogP contribution in [-0.2, 0) is 16.0 Å². The minimum Gasteiger partial charge on any atom is -0.343 e. The average Bonchev–Trinajstić information content (AvgIpc) is 2.60. The molecule has 2 aliphatic rings. The number of carbonyl (C=O) groups excluding carboxylic acids is 2. The molecule has 2 aliphatic heterocycles. The van der Waals surface area contributed by atoms with Crippen LogP contribution in [0.15, 0.2) is 24.3 Å². The van der Waals surface area contributed by atoms with Crippen molar-refractivity contribution in [3.8, 4) is 0 Å². The zero-order chi connectivity index (χ0) is 16.2. The predicted molar refractivity (Wildman–Crippen MR) is 90.4 cm³/mol. The van der Waals surface area contributed by atoms with Crippen LogP contribution < -0.4 is 10.2 Å². The maximum atomic E-state index is 12.5. The van der Waals surface area contributed by atoms with E-state index in [-0.39, 0.29) is 11.8 Å². The Morgan fingerprint density at radius 3 is 2.78 bits per heavy atom. The van der Waals surface area contributed by atoms with E-state index in [4.69, 9.17) is 0 Å². The van der Waals surface area contributed by atoms with Crippen molar-refractivity contribution in [3.05, 3.63) is 29.8 Å². The summed E-state index contributed by atoms with van der Waals surface area (Å²) in [6.45, 7) is 2.42. The van der Waals surface area contributed by atoms with Gasteiger partial charge in [-0.1, -0.05) is 18.2 Å². The molecule has 5 heteroatoms. The highest BCUT2D eigenvalue weighted by atomic mass is 16.2. The molecule has 1 N–H and O–H groups in total. The Morgan fingerprint density at radius 1 is 1.26 bits per heavy atom. The highest BCUT2D eigenvalue weighted by Crippen LogP contribution is 2.27. The van der Waals surface area contributed by atoms with Crippen LogP contribution in [0, 0.1) is 0 Å². The lowest BCUT2D eigenvalue weighted by Crippen LogP contribution is -2.45. The summed E-state index contributed by atoms with van der Waals surface area (Å²) in [5.74, 6) is 0.258. The van der Waals surface area contributed by atoms with Crippen molar-refractivity contribution < 1.29 is 9.59 Å². The molecule has 23 heavy (non-hydrogen) atoms. The largest absolute Gasteiger partial charge is 0.343 e. The number of aryl methyl sites for hydroxylation is 1. The molecule has 2 amide bonds. The van der Waals surface area contributed by atoms with Crippen LogP contribution in [0.2, 0.25) is 0 Å². The normalized spacial score (nSPS) is 18.7. The first-order valence-corrected chi connectivity index (χ1v) is 8.51. The van der Waals surface area contributed by atoms with Gasteiger partial charge in [0.05, 0.1) is 0 Å². The molecule has 1 saturated heterocycles. The number of fused-ring (bicyclic) bond motifs is 1. The van der Waals surface area contributed by atoms with Crippen molar-refractivity contribution in [2.75, 3.05) is 31.6 Å². The van der Waals surface area contributed by atoms with Crippen molar-refractivity contribution in [1.29, 1.82) is 0 Å². The van der Waals surface area contributed by atoms with Crippen molar-refractivity contribution in [3.63, 3.8) is 0 Å². The van der Waals surface area contributed by atoms with E-state index in [1.165, 1.54) is 5.56 Å². The lowest BCUT2D eigenvalue weighted by atomic mass is 10.0. The quantitative estimate of drug-likeness (QED) is 0.917. The van der Waals surface area contributed by atoms with Gasteiger partial charge in [-0.15, -0.1) is 0 Å². The minimum atomic E-state index is 0.126. The van der Waals surface area contributed by atoms with Crippen LogP contribution in [0.5, 0.6) is 0 Å².